The summed E-state index contributed by atoms with van der Waals surface area (Å²) in [7, 11) is -2.47. The van der Waals surface area contributed by atoms with Gasteiger partial charge in [-0.05, 0) is 40.7 Å². The van der Waals surface area contributed by atoms with Gasteiger partial charge in [0.15, 0.2) is 15.7 Å². The van der Waals surface area contributed by atoms with Crippen LogP contribution in [0.25, 0.3) is 10.9 Å². The van der Waals surface area contributed by atoms with Crippen LogP contribution in [0.5, 0.6) is 5.75 Å². The van der Waals surface area contributed by atoms with Crippen LogP contribution in [0.1, 0.15) is 42.4 Å². The number of hydrogen-bond donors (Lipinski definition) is 2. The molecule has 1 fully saturated rings. The fourth-order valence-corrected chi connectivity index (χ4v) is 6.01. The quantitative estimate of drug-likeness (QED) is 0.261. The summed E-state index contributed by atoms with van der Waals surface area (Å²) < 4.78 is 37.3. The van der Waals surface area contributed by atoms with Crippen molar-refractivity contribution >= 4 is 44.3 Å². The Kier molecular flexibility index (Phi) is 8.70. The van der Waals surface area contributed by atoms with Gasteiger partial charge in [0, 0.05) is 67.8 Å². The van der Waals surface area contributed by atoms with Crippen LogP contribution in [0.4, 0.5) is 17.6 Å². The third kappa shape index (κ3) is 6.28. The summed E-state index contributed by atoms with van der Waals surface area (Å²) in [5.74, 6) is 1.38. The number of aryl methyl sites for hydroxylation is 1. The number of aromatic nitrogens is 6. The highest BCUT2D eigenvalue weighted by Crippen LogP contribution is 2.37. The predicted octanol–water partition coefficient (Wildman–Crippen LogP) is 3.06. The van der Waals surface area contributed by atoms with Crippen LogP contribution < -0.4 is 15.0 Å². The smallest absolute Gasteiger partial charge is 0.341 e. The van der Waals surface area contributed by atoms with E-state index in [0.717, 1.165) is 24.3 Å². The number of esters is 1. The van der Waals surface area contributed by atoms with Gasteiger partial charge in [-0.1, -0.05) is 0 Å². The highest BCUT2D eigenvalue weighted by Gasteiger charge is 2.34. The van der Waals surface area contributed by atoms with E-state index < -0.39 is 20.6 Å². The van der Waals surface area contributed by atoms with Gasteiger partial charge in [-0.3, -0.25) is 10.00 Å². The highest BCUT2D eigenvalue weighted by atomic mass is 32.2. The predicted molar refractivity (Wildman–Crippen MR) is 165 cm³/mol. The highest BCUT2D eigenvalue weighted by molar-refractivity contribution is 7.92. The van der Waals surface area contributed by atoms with Crippen molar-refractivity contribution in [3.8, 4) is 5.75 Å². The molecular formula is C29H37N9O5S. The molecule has 1 saturated heterocycles. The summed E-state index contributed by atoms with van der Waals surface area (Å²) in [6.07, 6.45) is 4.35. The number of piperazine rings is 1. The first kappa shape index (κ1) is 31.1. The molecule has 5 rings (SSSR count). The van der Waals surface area contributed by atoms with Crippen LogP contribution in [0.15, 0.2) is 35.7 Å². The number of H-pyrrole nitrogens is 1. The topological polar surface area (TPSA) is 168 Å². The zero-order valence-electron chi connectivity index (χ0n) is 25.7. The number of hydrogen-bond acceptors (Lipinski definition) is 13. The molecule has 0 amide bonds. The number of anilines is 3. The number of carbonyl (C=O) groups excluding carboxylic acids is 1. The number of methoxy groups -OCH3 is 1. The minimum absolute atomic E-state index is 0.0858. The second-order valence-corrected chi connectivity index (χ2v) is 14.2. The lowest BCUT2D eigenvalue weighted by Gasteiger charge is -2.34. The molecule has 0 spiro atoms. The first-order chi connectivity index (χ1) is 20.9. The second kappa shape index (κ2) is 12.3. The third-order valence-electron chi connectivity index (χ3n) is 7.67. The summed E-state index contributed by atoms with van der Waals surface area (Å²) in [5.41, 5.74) is 2.70. The summed E-state index contributed by atoms with van der Waals surface area (Å²) in [6, 6.07) is 3.25. The lowest BCUT2D eigenvalue weighted by molar-refractivity contribution is 0.0599. The number of fused-ring (bicyclic) bond motifs is 1. The fourth-order valence-electron chi connectivity index (χ4n) is 4.70. The Bertz CT molecular complexity index is 1760. The molecule has 0 radical (unpaired) electrons. The van der Waals surface area contributed by atoms with Gasteiger partial charge in [0.2, 0.25) is 5.95 Å². The Labute approximate surface area is 256 Å². The van der Waals surface area contributed by atoms with Crippen LogP contribution in [-0.4, -0.2) is 101 Å². The zero-order valence-corrected chi connectivity index (χ0v) is 26.5. The van der Waals surface area contributed by atoms with E-state index in [4.69, 9.17) is 9.47 Å². The first-order valence-electron chi connectivity index (χ1n) is 14.2. The third-order valence-corrected chi connectivity index (χ3v) is 10.2. The monoisotopic (exact) mass is 623 g/mol. The lowest BCUT2D eigenvalue weighted by atomic mass is 10.2. The lowest BCUT2D eigenvalue weighted by Crippen LogP contribution is -2.48. The van der Waals surface area contributed by atoms with Gasteiger partial charge in [-0.2, -0.15) is 5.10 Å². The largest absolute Gasteiger partial charge is 0.491 e. The Morgan fingerprint density at radius 2 is 1.73 bits per heavy atom. The van der Waals surface area contributed by atoms with Gasteiger partial charge in [-0.25, -0.2) is 33.1 Å². The van der Waals surface area contributed by atoms with Crippen molar-refractivity contribution in [3.63, 3.8) is 0 Å². The molecule has 0 saturated carbocycles. The minimum atomic E-state index is -3.79. The molecule has 14 nitrogen and oxygen atoms in total. The van der Waals surface area contributed by atoms with Crippen molar-refractivity contribution in [1.29, 1.82) is 0 Å². The molecule has 44 heavy (non-hydrogen) atoms. The molecule has 3 aromatic heterocycles. The van der Waals surface area contributed by atoms with Gasteiger partial charge >= 0.3 is 5.97 Å². The van der Waals surface area contributed by atoms with Crippen molar-refractivity contribution in [3.05, 3.63) is 47.7 Å². The Hall–Kier alpha value is -4.37. The van der Waals surface area contributed by atoms with Crippen molar-refractivity contribution < 1.29 is 22.7 Å². The molecule has 4 aromatic rings. The molecule has 0 bridgehead atoms. The number of rotatable bonds is 9. The minimum Gasteiger partial charge on any atom is -0.491 e. The number of nitrogens with one attached hydrogen (secondary N) is 2. The standard InChI is InChI=1S/C29H37N9O5S/c1-18-19(2)35-36-25(18)34-26-21-13-24(44(40,41)29(3,4)5)23(14-22(21)32-17-33-26)43-12-11-37-7-9-38(10-8-37)28-30-15-20(16-31-28)27(39)42-6/h13-17H,7-12H2,1-6H3,(H2,32,33,34,35,36). The fraction of sp³-hybridized carbons (Fsp3) is 0.448. The number of sulfone groups is 1. The summed E-state index contributed by atoms with van der Waals surface area (Å²) in [6.45, 7) is 12.6. The number of nitrogens with zero attached hydrogens (tertiary/aromatic N) is 7. The molecular weight excluding hydrogens is 586 g/mol. The van der Waals surface area contributed by atoms with E-state index >= 15 is 0 Å². The molecule has 0 unspecified atom stereocenters. The SMILES string of the molecule is COC(=O)c1cnc(N2CCN(CCOc3cc4ncnc(Nc5n[nH]c(C)c5C)c4cc3S(=O)(=O)C(C)(C)C)CC2)nc1. The van der Waals surface area contributed by atoms with Gasteiger partial charge < -0.3 is 19.7 Å². The van der Waals surface area contributed by atoms with Crippen molar-refractivity contribution in [2.45, 2.75) is 44.3 Å². The summed E-state index contributed by atoms with van der Waals surface area (Å²) in [4.78, 5) is 33.4. The van der Waals surface area contributed by atoms with Crippen LogP contribution >= 0.6 is 0 Å². The number of aromatic amines is 1. The summed E-state index contributed by atoms with van der Waals surface area (Å²) in [5, 5.41) is 11.0. The Morgan fingerprint density at radius 3 is 2.34 bits per heavy atom. The molecule has 1 aromatic carbocycles. The maximum absolute atomic E-state index is 13.7. The van der Waals surface area contributed by atoms with E-state index in [9.17, 15) is 13.2 Å². The van der Waals surface area contributed by atoms with E-state index in [1.54, 1.807) is 32.9 Å². The van der Waals surface area contributed by atoms with E-state index in [1.165, 1.54) is 25.8 Å². The van der Waals surface area contributed by atoms with Crippen molar-refractivity contribution in [2.24, 2.45) is 0 Å². The van der Waals surface area contributed by atoms with E-state index in [0.29, 0.717) is 53.7 Å². The van der Waals surface area contributed by atoms with Gasteiger partial charge in [0.25, 0.3) is 0 Å². The van der Waals surface area contributed by atoms with Crippen molar-refractivity contribution in [2.75, 3.05) is 56.7 Å². The summed E-state index contributed by atoms with van der Waals surface area (Å²) >= 11 is 0. The molecule has 1 aliphatic rings. The molecule has 2 N–H and O–H groups in total. The van der Waals surface area contributed by atoms with E-state index in [1.807, 2.05) is 18.7 Å². The molecule has 4 heterocycles. The molecule has 1 aliphatic heterocycles. The van der Waals surface area contributed by atoms with Crippen LogP contribution in [-0.2, 0) is 14.6 Å². The molecule has 0 atom stereocenters. The first-order valence-corrected chi connectivity index (χ1v) is 15.7. The maximum atomic E-state index is 13.7. The maximum Gasteiger partial charge on any atom is 0.341 e. The average molecular weight is 624 g/mol. The molecule has 15 heteroatoms. The zero-order chi connectivity index (χ0) is 31.6. The second-order valence-electron chi connectivity index (χ2n) is 11.5. The van der Waals surface area contributed by atoms with E-state index in [-0.39, 0.29) is 17.3 Å². The van der Waals surface area contributed by atoms with Crippen LogP contribution in [0.2, 0.25) is 0 Å². The van der Waals surface area contributed by atoms with Crippen LogP contribution in [0.3, 0.4) is 0 Å². The Balaban J connectivity index is 1.31. The normalized spacial score (nSPS) is 14.5. The van der Waals surface area contributed by atoms with Gasteiger partial charge in [0.05, 0.1) is 22.9 Å². The average Bonchev–Trinajstić information content (AvgIpc) is 3.32. The van der Waals surface area contributed by atoms with E-state index in [2.05, 4.69) is 40.3 Å². The number of benzene rings is 1. The number of carbonyl (C=O) groups is 1. The van der Waals surface area contributed by atoms with Crippen LogP contribution in [0, 0.1) is 13.8 Å². The van der Waals surface area contributed by atoms with Crippen molar-refractivity contribution in [1.82, 2.24) is 35.0 Å². The Morgan fingerprint density at radius 1 is 1.02 bits per heavy atom. The van der Waals surface area contributed by atoms with Gasteiger partial charge in [0.1, 0.15) is 29.4 Å². The molecule has 234 valence electrons. The molecule has 0 aliphatic carbocycles. The number of ether oxygens (including phenoxy) is 2. The van der Waals surface area contributed by atoms with Gasteiger partial charge in [-0.15, -0.1) is 0 Å².